The summed E-state index contributed by atoms with van der Waals surface area (Å²) >= 11 is 1.55. The van der Waals surface area contributed by atoms with Gasteiger partial charge < -0.3 is 23.7 Å². The lowest BCUT2D eigenvalue weighted by Crippen LogP contribution is -2.60. The van der Waals surface area contributed by atoms with Crippen LogP contribution >= 0.6 is 11.8 Å². The van der Waals surface area contributed by atoms with E-state index >= 15 is 0 Å². The van der Waals surface area contributed by atoms with Crippen molar-refractivity contribution in [3.8, 4) is 0 Å². The summed E-state index contributed by atoms with van der Waals surface area (Å²) in [4.78, 5) is 18.2. The van der Waals surface area contributed by atoms with Crippen molar-refractivity contribution < 1.29 is 28.5 Å². The molecule has 1 aliphatic rings. The van der Waals surface area contributed by atoms with Gasteiger partial charge in [0.2, 0.25) is 0 Å². The molecule has 0 saturated carbocycles. The molecule has 1 fully saturated rings. The average molecular weight is 648 g/mol. The molecule has 8 heteroatoms. The Labute approximate surface area is 279 Å². The number of ether oxygens (including phenoxy) is 5. The van der Waals surface area contributed by atoms with E-state index in [4.69, 9.17) is 23.7 Å². The summed E-state index contributed by atoms with van der Waals surface area (Å²) in [7, 11) is 0. The largest absolute Gasteiger partial charge is 0.458 e. The van der Waals surface area contributed by atoms with Crippen LogP contribution in [-0.2, 0) is 43.5 Å². The smallest absolute Gasteiger partial charge is 0.357 e. The van der Waals surface area contributed by atoms with Gasteiger partial charge in [0.15, 0.2) is 0 Å². The minimum absolute atomic E-state index is 0.0582. The van der Waals surface area contributed by atoms with E-state index in [1.165, 1.54) is 0 Å². The fourth-order valence-corrected chi connectivity index (χ4v) is 6.47. The third kappa shape index (κ3) is 9.38. The van der Waals surface area contributed by atoms with Crippen LogP contribution in [0.4, 0.5) is 0 Å². The third-order valence-electron chi connectivity index (χ3n) is 7.70. The summed E-state index contributed by atoms with van der Waals surface area (Å²) in [5, 5.41) is 0. The Kier molecular flexibility index (Phi) is 11.8. The maximum absolute atomic E-state index is 13.0. The zero-order chi connectivity index (χ0) is 32.1. The van der Waals surface area contributed by atoms with E-state index in [0.717, 1.165) is 21.6 Å². The summed E-state index contributed by atoms with van der Waals surface area (Å²) < 4.78 is 32.7. The van der Waals surface area contributed by atoms with Crippen LogP contribution in [0.1, 0.15) is 27.2 Å². The fraction of sp³-hybridized carbons (Fsp3) is 0.231. The predicted octanol–water partition coefficient (Wildman–Crippen LogP) is 7.51. The first-order valence-electron chi connectivity index (χ1n) is 15.6. The highest BCUT2D eigenvalue weighted by molar-refractivity contribution is 7.99. The Morgan fingerprint density at radius 1 is 0.596 bits per heavy atom. The van der Waals surface area contributed by atoms with Crippen molar-refractivity contribution in [2.45, 2.75) is 54.6 Å². The lowest BCUT2D eigenvalue weighted by molar-refractivity contribution is -0.251. The molecule has 0 spiro atoms. The van der Waals surface area contributed by atoms with Gasteiger partial charge in [-0.25, -0.2) is 9.78 Å². The molecule has 47 heavy (non-hydrogen) atoms. The van der Waals surface area contributed by atoms with Gasteiger partial charge in [0.1, 0.15) is 42.2 Å². The molecule has 0 N–H and O–H groups in total. The number of rotatable bonds is 14. The van der Waals surface area contributed by atoms with Gasteiger partial charge in [-0.05, 0) is 41.0 Å². The Morgan fingerprint density at radius 3 is 1.62 bits per heavy atom. The third-order valence-corrected chi connectivity index (χ3v) is 8.85. The van der Waals surface area contributed by atoms with Crippen LogP contribution in [0.2, 0.25) is 0 Å². The molecular weight excluding hydrogens is 610 g/mol. The van der Waals surface area contributed by atoms with Gasteiger partial charge >= 0.3 is 5.97 Å². The van der Waals surface area contributed by atoms with Crippen LogP contribution in [0.15, 0.2) is 151 Å². The number of carbonyl (C=O) groups excluding carboxylic acids is 1. The maximum Gasteiger partial charge on any atom is 0.357 e. The second-order valence-electron chi connectivity index (χ2n) is 11.1. The van der Waals surface area contributed by atoms with Crippen molar-refractivity contribution in [3.05, 3.63) is 168 Å². The first-order valence-corrected chi connectivity index (χ1v) is 16.5. The molecule has 5 aromatic rings. The highest BCUT2D eigenvalue weighted by Crippen LogP contribution is 2.38. The van der Waals surface area contributed by atoms with Crippen molar-refractivity contribution in [1.82, 2.24) is 4.98 Å². The lowest BCUT2D eigenvalue weighted by atomic mass is 9.98. The molecule has 6 rings (SSSR count). The molecule has 1 saturated heterocycles. The Bertz CT molecular complexity index is 1630. The van der Waals surface area contributed by atoms with E-state index in [0.29, 0.717) is 19.8 Å². The second kappa shape index (κ2) is 17.0. The molecule has 0 aliphatic carbocycles. The summed E-state index contributed by atoms with van der Waals surface area (Å²) in [6, 6.07) is 45.2. The van der Waals surface area contributed by atoms with E-state index in [9.17, 15) is 4.79 Å². The van der Waals surface area contributed by atoms with E-state index < -0.39 is 35.8 Å². The van der Waals surface area contributed by atoms with Crippen LogP contribution in [0, 0.1) is 0 Å². The standard InChI is InChI=1S/C39H37NO6S/c41-38(33-23-13-14-24-40-33)45-28-34-35(42-25-29-15-5-1-6-16-29)36(43-26-30-17-7-2-8-18-30)37(44-27-31-19-9-3-10-20-31)39(46-34)47-32-21-11-4-12-22-32/h1-24,34-37,39H,25-28H2/t34-,35-,36+,37-,39+/m1/s1. The highest BCUT2D eigenvalue weighted by atomic mass is 32.2. The van der Waals surface area contributed by atoms with Crippen LogP contribution in [-0.4, -0.2) is 47.4 Å². The molecule has 240 valence electrons. The van der Waals surface area contributed by atoms with E-state index in [1.54, 1.807) is 36.2 Å². The number of hydrogen-bond acceptors (Lipinski definition) is 8. The molecule has 7 nitrogen and oxygen atoms in total. The van der Waals surface area contributed by atoms with Gasteiger partial charge in [-0.1, -0.05) is 127 Å². The zero-order valence-electron chi connectivity index (χ0n) is 25.9. The van der Waals surface area contributed by atoms with Crippen LogP contribution < -0.4 is 0 Å². The van der Waals surface area contributed by atoms with E-state index in [-0.39, 0.29) is 12.3 Å². The summed E-state index contributed by atoms with van der Waals surface area (Å²) in [5.74, 6) is -0.535. The quantitative estimate of drug-likeness (QED) is 0.115. The Hall–Kier alpha value is -4.31. The Morgan fingerprint density at radius 2 is 1.09 bits per heavy atom. The second-order valence-corrected chi connectivity index (χ2v) is 12.2. The number of pyridine rings is 1. The number of aromatic nitrogens is 1. The molecule has 0 unspecified atom stereocenters. The lowest BCUT2D eigenvalue weighted by Gasteiger charge is -2.45. The SMILES string of the molecule is O=C(OC[C@H]1O[C@@H](Sc2ccccc2)[C@H](OCc2ccccc2)[C@@H](OCc2ccccc2)[C@@H]1OCc1ccccc1)c1ccccn1. The zero-order valence-corrected chi connectivity index (χ0v) is 26.7. The Balaban J connectivity index is 1.33. The first kappa shape index (κ1) is 32.6. The highest BCUT2D eigenvalue weighted by Gasteiger charge is 2.49. The van der Waals surface area contributed by atoms with Crippen LogP contribution in [0.5, 0.6) is 0 Å². The molecule has 1 aromatic heterocycles. The van der Waals surface area contributed by atoms with Crippen LogP contribution in [0.25, 0.3) is 0 Å². The van der Waals surface area contributed by atoms with Crippen molar-refractivity contribution in [1.29, 1.82) is 0 Å². The number of nitrogens with zero attached hydrogens (tertiary/aromatic N) is 1. The van der Waals surface area contributed by atoms with Crippen molar-refractivity contribution in [2.75, 3.05) is 6.61 Å². The summed E-state index contributed by atoms with van der Waals surface area (Å²) in [5.41, 5.74) is 2.78. The monoisotopic (exact) mass is 647 g/mol. The topological polar surface area (TPSA) is 76.1 Å². The first-order chi connectivity index (χ1) is 23.2. The predicted molar refractivity (Wildman–Crippen MR) is 181 cm³/mol. The molecule has 5 atom stereocenters. The molecule has 4 aromatic carbocycles. The summed E-state index contributed by atoms with van der Waals surface area (Å²) in [6.07, 6.45) is -0.841. The average Bonchev–Trinajstić information content (AvgIpc) is 3.14. The van der Waals surface area contributed by atoms with Gasteiger partial charge in [-0.2, -0.15) is 0 Å². The normalized spacial score (nSPS) is 20.8. The summed E-state index contributed by atoms with van der Waals surface area (Å²) in [6.45, 7) is 0.950. The van der Waals surface area contributed by atoms with Crippen molar-refractivity contribution in [2.24, 2.45) is 0 Å². The molecule has 0 amide bonds. The minimum Gasteiger partial charge on any atom is -0.458 e. The fourth-order valence-electron chi connectivity index (χ4n) is 5.32. The number of carbonyl (C=O) groups is 1. The van der Waals surface area contributed by atoms with Gasteiger partial charge in [0, 0.05) is 11.1 Å². The van der Waals surface area contributed by atoms with E-state index in [1.807, 2.05) is 121 Å². The number of thioether (sulfide) groups is 1. The molecule has 2 heterocycles. The molecule has 0 bridgehead atoms. The molecule has 0 radical (unpaired) electrons. The number of hydrogen-bond donors (Lipinski definition) is 0. The van der Waals surface area contributed by atoms with Gasteiger partial charge in [0.05, 0.1) is 19.8 Å². The number of benzene rings is 4. The van der Waals surface area contributed by atoms with Gasteiger partial charge in [0.25, 0.3) is 0 Å². The molecular formula is C39H37NO6S. The van der Waals surface area contributed by atoms with Gasteiger partial charge in [-0.15, -0.1) is 0 Å². The van der Waals surface area contributed by atoms with Gasteiger partial charge in [-0.3, -0.25) is 0 Å². The van der Waals surface area contributed by atoms with Crippen molar-refractivity contribution >= 4 is 17.7 Å². The minimum atomic E-state index is -0.662. The molecule has 1 aliphatic heterocycles. The van der Waals surface area contributed by atoms with Crippen molar-refractivity contribution in [3.63, 3.8) is 0 Å². The van der Waals surface area contributed by atoms with Crippen LogP contribution in [0.3, 0.4) is 0 Å². The number of esters is 1. The maximum atomic E-state index is 13.0. The van der Waals surface area contributed by atoms with E-state index in [2.05, 4.69) is 4.98 Å².